The molecule has 26 heavy (non-hydrogen) atoms. The molecule has 0 aromatic heterocycles. The maximum absolute atomic E-state index is 12.7. The van der Waals surface area contributed by atoms with E-state index in [1.807, 2.05) is 30.3 Å². The fourth-order valence-corrected chi connectivity index (χ4v) is 3.22. The summed E-state index contributed by atoms with van der Waals surface area (Å²) in [4.78, 5) is 26.8. The maximum atomic E-state index is 12.7. The second-order valence-electron chi connectivity index (χ2n) is 6.31. The molecule has 6 heteroatoms. The molecule has 0 radical (unpaired) electrons. The van der Waals surface area contributed by atoms with Crippen LogP contribution in [0.5, 0.6) is 11.5 Å². The monoisotopic (exact) mass is 353 g/mol. The van der Waals surface area contributed by atoms with Crippen molar-refractivity contribution < 1.29 is 23.8 Å². The lowest BCUT2D eigenvalue weighted by Crippen LogP contribution is -2.44. The summed E-state index contributed by atoms with van der Waals surface area (Å²) in [5.41, 5.74) is 2.01. The lowest BCUT2D eigenvalue weighted by Gasteiger charge is -2.27. The Kier molecular flexibility index (Phi) is 4.24. The first-order chi connectivity index (χ1) is 12.6. The number of fused-ring (bicyclic) bond motifs is 2. The number of hydrogen-bond donors (Lipinski definition) is 0. The fraction of sp³-hybridized carbons (Fsp3) is 0.300. The van der Waals surface area contributed by atoms with Gasteiger partial charge in [0, 0.05) is 12.2 Å². The molecule has 0 spiro atoms. The van der Waals surface area contributed by atoms with Crippen molar-refractivity contribution in [1.29, 1.82) is 0 Å². The Morgan fingerprint density at radius 1 is 1.12 bits per heavy atom. The van der Waals surface area contributed by atoms with Gasteiger partial charge in [0.05, 0.1) is 0 Å². The largest absolute Gasteiger partial charge is 0.485 e. The highest BCUT2D eigenvalue weighted by Crippen LogP contribution is 2.31. The average Bonchev–Trinajstić information content (AvgIpc) is 3.11. The molecular formula is C20H19NO5. The van der Waals surface area contributed by atoms with Crippen molar-refractivity contribution in [3.8, 4) is 11.5 Å². The number of anilines is 1. The zero-order chi connectivity index (χ0) is 18.1. The molecule has 0 saturated heterocycles. The summed E-state index contributed by atoms with van der Waals surface area (Å²) in [5, 5.41) is 0. The third-order valence-electron chi connectivity index (χ3n) is 4.57. The van der Waals surface area contributed by atoms with Crippen molar-refractivity contribution in [2.24, 2.45) is 0 Å². The Bertz CT molecular complexity index is 850. The molecule has 2 aliphatic heterocycles. The summed E-state index contributed by atoms with van der Waals surface area (Å²) >= 11 is 0. The summed E-state index contributed by atoms with van der Waals surface area (Å²) in [7, 11) is 0. The van der Waals surface area contributed by atoms with E-state index in [2.05, 4.69) is 0 Å². The van der Waals surface area contributed by atoms with Crippen LogP contribution in [0.15, 0.2) is 48.5 Å². The predicted molar refractivity (Wildman–Crippen MR) is 94.4 cm³/mol. The van der Waals surface area contributed by atoms with Crippen LogP contribution in [-0.4, -0.2) is 37.2 Å². The first-order valence-electron chi connectivity index (χ1n) is 8.62. The van der Waals surface area contributed by atoms with Crippen LogP contribution in [0.4, 0.5) is 5.69 Å². The SMILES string of the molecule is C[C@@H](OC(=O)[C@@H]1COc2ccccc2O1)C(=O)N1CCc2ccccc21. The van der Waals surface area contributed by atoms with E-state index in [0.29, 0.717) is 18.0 Å². The molecule has 0 unspecified atom stereocenters. The van der Waals surface area contributed by atoms with Crippen LogP contribution in [0.25, 0.3) is 0 Å². The first kappa shape index (κ1) is 16.4. The van der Waals surface area contributed by atoms with Crippen molar-refractivity contribution in [2.75, 3.05) is 18.1 Å². The van der Waals surface area contributed by atoms with Gasteiger partial charge in [0.15, 0.2) is 17.6 Å². The molecular weight excluding hydrogens is 334 g/mol. The van der Waals surface area contributed by atoms with Gasteiger partial charge in [0.2, 0.25) is 6.10 Å². The summed E-state index contributed by atoms with van der Waals surface area (Å²) in [6.07, 6.45) is -0.973. The fourth-order valence-electron chi connectivity index (χ4n) is 3.22. The normalized spacial score (nSPS) is 18.8. The summed E-state index contributed by atoms with van der Waals surface area (Å²) < 4.78 is 16.5. The molecule has 134 valence electrons. The molecule has 6 nitrogen and oxygen atoms in total. The number of amides is 1. The molecule has 0 saturated carbocycles. The third-order valence-corrected chi connectivity index (χ3v) is 4.57. The smallest absolute Gasteiger partial charge is 0.351 e. The quantitative estimate of drug-likeness (QED) is 0.793. The minimum Gasteiger partial charge on any atom is -0.485 e. The molecule has 2 heterocycles. The van der Waals surface area contributed by atoms with Gasteiger partial charge in [-0.1, -0.05) is 30.3 Å². The van der Waals surface area contributed by atoms with Crippen LogP contribution in [0.3, 0.4) is 0 Å². The van der Waals surface area contributed by atoms with E-state index in [1.165, 1.54) is 0 Å². The number of benzene rings is 2. The van der Waals surface area contributed by atoms with E-state index in [1.54, 1.807) is 30.0 Å². The van der Waals surface area contributed by atoms with Crippen LogP contribution in [-0.2, 0) is 20.7 Å². The molecule has 2 atom stereocenters. The van der Waals surface area contributed by atoms with Crippen molar-refractivity contribution in [3.05, 3.63) is 54.1 Å². The zero-order valence-electron chi connectivity index (χ0n) is 14.4. The number of ether oxygens (including phenoxy) is 3. The molecule has 4 rings (SSSR count). The van der Waals surface area contributed by atoms with E-state index in [9.17, 15) is 9.59 Å². The molecule has 2 aliphatic rings. The Hall–Kier alpha value is -3.02. The second-order valence-corrected chi connectivity index (χ2v) is 6.31. The lowest BCUT2D eigenvalue weighted by atomic mass is 10.2. The van der Waals surface area contributed by atoms with Gasteiger partial charge in [-0.3, -0.25) is 4.79 Å². The highest BCUT2D eigenvalue weighted by atomic mass is 16.6. The molecule has 2 aromatic rings. The number of hydrogen-bond acceptors (Lipinski definition) is 5. The molecule has 0 bridgehead atoms. The molecule has 1 amide bonds. The van der Waals surface area contributed by atoms with E-state index < -0.39 is 18.2 Å². The van der Waals surface area contributed by atoms with Crippen LogP contribution in [0, 0.1) is 0 Å². The van der Waals surface area contributed by atoms with Gasteiger partial charge in [-0.05, 0) is 37.1 Å². The maximum Gasteiger partial charge on any atom is 0.351 e. The van der Waals surface area contributed by atoms with Crippen molar-refractivity contribution >= 4 is 17.6 Å². The third kappa shape index (κ3) is 2.98. The number of nitrogens with zero attached hydrogens (tertiary/aromatic N) is 1. The van der Waals surface area contributed by atoms with Gasteiger partial charge < -0.3 is 19.1 Å². The van der Waals surface area contributed by atoms with E-state index in [4.69, 9.17) is 14.2 Å². The molecule has 2 aromatic carbocycles. The predicted octanol–water partition coefficient (Wildman–Crippen LogP) is 2.35. The average molecular weight is 353 g/mol. The summed E-state index contributed by atoms with van der Waals surface area (Å²) in [6.45, 7) is 2.23. The first-order valence-corrected chi connectivity index (χ1v) is 8.62. The van der Waals surface area contributed by atoms with Gasteiger partial charge in [0.1, 0.15) is 6.61 Å². The minimum absolute atomic E-state index is 0.0588. The van der Waals surface area contributed by atoms with E-state index in [-0.39, 0.29) is 12.5 Å². The van der Waals surface area contributed by atoms with Gasteiger partial charge >= 0.3 is 5.97 Å². The van der Waals surface area contributed by atoms with Gasteiger partial charge in [-0.15, -0.1) is 0 Å². The summed E-state index contributed by atoms with van der Waals surface area (Å²) in [5.74, 6) is 0.246. The highest BCUT2D eigenvalue weighted by Gasteiger charge is 2.34. The summed E-state index contributed by atoms with van der Waals surface area (Å²) in [6, 6.07) is 14.9. The van der Waals surface area contributed by atoms with Crippen molar-refractivity contribution in [1.82, 2.24) is 0 Å². The Morgan fingerprint density at radius 2 is 1.85 bits per heavy atom. The Labute approximate surface area is 151 Å². The van der Waals surface area contributed by atoms with Crippen LogP contribution in [0.1, 0.15) is 12.5 Å². The van der Waals surface area contributed by atoms with Gasteiger partial charge in [0.25, 0.3) is 5.91 Å². The zero-order valence-corrected chi connectivity index (χ0v) is 14.4. The van der Waals surface area contributed by atoms with Crippen LogP contribution >= 0.6 is 0 Å². The Morgan fingerprint density at radius 3 is 2.69 bits per heavy atom. The van der Waals surface area contributed by atoms with Crippen LogP contribution in [0.2, 0.25) is 0 Å². The van der Waals surface area contributed by atoms with Crippen molar-refractivity contribution in [3.63, 3.8) is 0 Å². The standard InChI is InChI=1S/C20H19NO5/c1-13(19(22)21-11-10-14-6-2-3-7-15(14)21)25-20(23)18-12-24-16-8-4-5-9-17(16)26-18/h2-9,13,18H,10-12H2,1H3/t13-,18+/m1/s1. The highest BCUT2D eigenvalue weighted by molar-refractivity contribution is 5.99. The lowest BCUT2D eigenvalue weighted by molar-refractivity contribution is -0.163. The van der Waals surface area contributed by atoms with Crippen LogP contribution < -0.4 is 14.4 Å². The number of carbonyl (C=O) groups is 2. The molecule has 0 aliphatic carbocycles. The second kappa shape index (κ2) is 6.71. The van der Waals surface area contributed by atoms with E-state index in [0.717, 1.165) is 17.7 Å². The Balaban J connectivity index is 1.40. The number of rotatable bonds is 3. The number of esters is 1. The minimum atomic E-state index is -0.894. The molecule has 0 N–H and O–H groups in total. The van der Waals surface area contributed by atoms with Gasteiger partial charge in [-0.2, -0.15) is 0 Å². The topological polar surface area (TPSA) is 65.1 Å². The van der Waals surface area contributed by atoms with Gasteiger partial charge in [-0.25, -0.2) is 4.79 Å². The van der Waals surface area contributed by atoms with Crippen molar-refractivity contribution in [2.45, 2.75) is 25.6 Å². The number of para-hydroxylation sites is 3. The molecule has 0 fully saturated rings. The van der Waals surface area contributed by atoms with E-state index >= 15 is 0 Å². The number of carbonyl (C=O) groups excluding carboxylic acids is 2.